The Kier molecular flexibility index (Phi) is 8.58. The number of pyridine rings is 1. The summed E-state index contributed by atoms with van der Waals surface area (Å²) in [7, 11) is -2.20. The number of ketones is 1. The molecule has 0 aliphatic heterocycles. The Morgan fingerprint density at radius 2 is 1.94 bits per heavy atom. The van der Waals surface area contributed by atoms with Gasteiger partial charge in [-0.1, -0.05) is 19.9 Å². The molecule has 13 heteroatoms. The minimum Gasteiger partial charge on any atom is -0.496 e. The fourth-order valence-corrected chi connectivity index (χ4v) is 9.99. The van der Waals surface area contributed by atoms with Gasteiger partial charge in [-0.15, -0.1) is 17.9 Å². The van der Waals surface area contributed by atoms with Crippen molar-refractivity contribution in [2.24, 2.45) is 23.7 Å². The first-order valence-corrected chi connectivity index (χ1v) is 19.4. The molecule has 11 nitrogen and oxygen atoms in total. The average Bonchev–Trinajstić information content (AvgIpc) is 3.96. The quantitative estimate of drug-likeness (QED) is 0.256. The highest BCUT2D eigenvalue weighted by molar-refractivity contribution is 7.91. The number of hydrogen-bond acceptors (Lipinski definition) is 10. The first-order chi connectivity index (χ1) is 23.4. The molecule has 6 atom stereocenters. The Hall–Kier alpha value is -3.84. The van der Waals surface area contributed by atoms with Crippen LogP contribution in [-0.4, -0.2) is 60.0 Å². The summed E-state index contributed by atoms with van der Waals surface area (Å²) >= 11 is 1.52. The Morgan fingerprint density at radius 3 is 2.59 bits per heavy atom. The van der Waals surface area contributed by atoms with E-state index in [1.165, 1.54) is 11.3 Å². The summed E-state index contributed by atoms with van der Waals surface area (Å²) < 4.78 is 39.9. The fourth-order valence-electron chi connectivity index (χ4n) is 7.68. The Labute approximate surface area is 290 Å². The van der Waals surface area contributed by atoms with E-state index in [4.69, 9.17) is 19.4 Å². The topological polar surface area (TPSA) is 154 Å². The molecule has 2 N–H and O–H groups in total. The molecule has 0 radical (unpaired) electrons. The van der Waals surface area contributed by atoms with Gasteiger partial charge < -0.3 is 14.8 Å². The van der Waals surface area contributed by atoms with Crippen LogP contribution in [-0.2, 0) is 24.4 Å². The van der Waals surface area contributed by atoms with Gasteiger partial charge in [-0.25, -0.2) is 18.4 Å². The van der Waals surface area contributed by atoms with Gasteiger partial charge in [0.2, 0.25) is 15.9 Å². The molecule has 2 heterocycles. The highest BCUT2D eigenvalue weighted by Gasteiger charge is 2.62. The monoisotopic (exact) mass is 706 g/mol. The first-order valence-electron chi connectivity index (χ1n) is 17.0. The summed E-state index contributed by atoms with van der Waals surface area (Å²) in [5, 5.41) is 5.90. The number of Topliss-reactive ketones (excluding diaryl/α,β-unsaturated/α-hetero) is 1. The van der Waals surface area contributed by atoms with Crippen LogP contribution in [0.1, 0.15) is 76.0 Å². The number of amides is 2. The zero-order valence-electron chi connectivity index (χ0n) is 28.2. The van der Waals surface area contributed by atoms with Crippen molar-refractivity contribution in [1.29, 1.82) is 0 Å². The van der Waals surface area contributed by atoms with E-state index in [-0.39, 0.29) is 30.5 Å². The van der Waals surface area contributed by atoms with Crippen LogP contribution in [0.3, 0.4) is 0 Å². The zero-order chi connectivity index (χ0) is 34.8. The largest absolute Gasteiger partial charge is 0.496 e. The number of carbonyl (C=O) groups excluding carboxylic acids is 3. The zero-order valence-corrected chi connectivity index (χ0v) is 29.8. The number of sulfonamides is 1. The molecule has 49 heavy (non-hydrogen) atoms. The molecule has 7 rings (SSSR count). The molecule has 2 unspecified atom stereocenters. The predicted octanol–water partition coefficient (Wildman–Crippen LogP) is 5.22. The third-order valence-corrected chi connectivity index (χ3v) is 13.5. The van der Waals surface area contributed by atoms with E-state index in [0.717, 1.165) is 33.6 Å². The normalized spacial score (nSPS) is 27.9. The van der Waals surface area contributed by atoms with Crippen molar-refractivity contribution < 1.29 is 32.3 Å². The number of ether oxygens (including phenoxy) is 2. The van der Waals surface area contributed by atoms with Crippen molar-refractivity contribution in [3.05, 3.63) is 47.5 Å². The molecule has 260 valence electrons. The predicted molar refractivity (Wildman–Crippen MR) is 186 cm³/mol. The Balaban J connectivity index is 1.20. The molecule has 4 aliphatic carbocycles. The number of nitrogens with one attached hydrogen (secondary N) is 2. The molecule has 4 saturated carbocycles. The number of nitrogens with zero attached hydrogens (tertiary/aromatic N) is 2. The van der Waals surface area contributed by atoms with Gasteiger partial charge in [0, 0.05) is 46.6 Å². The second-order valence-corrected chi connectivity index (χ2v) is 17.1. The second-order valence-electron chi connectivity index (χ2n) is 14.3. The lowest BCUT2D eigenvalue weighted by Gasteiger charge is -2.30. The van der Waals surface area contributed by atoms with Crippen molar-refractivity contribution in [2.75, 3.05) is 7.11 Å². The number of rotatable bonds is 11. The highest BCUT2D eigenvalue weighted by Crippen LogP contribution is 2.50. The average molecular weight is 707 g/mol. The molecule has 0 spiro atoms. The van der Waals surface area contributed by atoms with E-state index < -0.39 is 56.5 Å². The van der Waals surface area contributed by atoms with Gasteiger partial charge in [0.1, 0.15) is 39.6 Å². The first kappa shape index (κ1) is 33.6. The van der Waals surface area contributed by atoms with Gasteiger partial charge in [0.25, 0.3) is 5.91 Å². The van der Waals surface area contributed by atoms with Crippen molar-refractivity contribution in [2.45, 2.75) is 88.5 Å². The lowest BCUT2D eigenvalue weighted by molar-refractivity contribution is -0.137. The Bertz CT molecular complexity index is 1970. The molecule has 0 bridgehead atoms. The van der Waals surface area contributed by atoms with Gasteiger partial charge >= 0.3 is 0 Å². The highest BCUT2D eigenvalue weighted by atomic mass is 32.2. The van der Waals surface area contributed by atoms with Gasteiger partial charge in [-0.2, -0.15) is 0 Å². The van der Waals surface area contributed by atoms with Gasteiger partial charge in [-0.05, 0) is 63.5 Å². The minimum atomic E-state index is -3.82. The van der Waals surface area contributed by atoms with Crippen LogP contribution in [0.2, 0.25) is 0 Å². The van der Waals surface area contributed by atoms with E-state index in [0.29, 0.717) is 42.9 Å². The smallest absolute Gasteiger partial charge is 0.259 e. The van der Waals surface area contributed by atoms with Crippen LogP contribution in [0.25, 0.3) is 21.6 Å². The van der Waals surface area contributed by atoms with Crippen LogP contribution >= 0.6 is 11.3 Å². The molecular weight excluding hydrogens is 665 g/mol. The van der Waals surface area contributed by atoms with Gasteiger partial charge in [0.15, 0.2) is 0 Å². The summed E-state index contributed by atoms with van der Waals surface area (Å²) in [6.45, 7) is 9.93. The molecule has 0 saturated heterocycles. The van der Waals surface area contributed by atoms with Crippen LogP contribution in [0.4, 0.5) is 0 Å². The fraction of sp³-hybridized carbons (Fsp3) is 0.528. The third-order valence-electron chi connectivity index (χ3n) is 10.8. The third kappa shape index (κ3) is 6.02. The number of hydrogen-bond donors (Lipinski definition) is 2. The number of benzene rings is 1. The maximum atomic E-state index is 14.1. The minimum absolute atomic E-state index is 0.0123. The lowest BCUT2D eigenvalue weighted by atomic mass is 9.76. The summed E-state index contributed by atoms with van der Waals surface area (Å²) in [4.78, 5) is 50.8. The molecule has 2 amide bonds. The number of thiazole rings is 1. The number of fused-ring (bicyclic) bond motifs is 2. The molecule has 2 aromatic heterocycles. The van der Waals surface area contributed by atoms with Crippen molar-refractivity contribution in [3.63, 3.8) is 0 Å². The lowest BCUT2D eigenvalue weighted by Crippen LogP contribution is -2.54. The standard InChI is InChI=1S/C36H42N4O7S2/c1-6-20-16-36(20,35(43)40-49(44,45)21-10-11-21)39-33(42)24-14-29(22-8-7-9-27(41)31(22)24)47-30-15-25(34-38-26(17-48-34)18(2)3)37-32-19(4)28(46-5)13-12-23(30)32/h6,12-13,15,17-18,20-22,24,29,31H,1,7-11,14,16H2,2-5H3,(H,39,42)(H,40,43)/t20-,22-,24-,29?,31?,36-/m1/s1. The van der Waals surface area contributed by atoms with Crippen LogP contribution in [0, 0.1) is 30.6 Å². The second kappa shape index (κ2) is 12.5. The molecule has 4 aliphatic rings. The molecule has 4 fully saturated rings. The van der Waals surface area contributed by atoms with E-state index in [2.05, 4.69) is 30.5 Å². The number of aryl methyl sites for hydroxylation is 1. The van der Waals surface area contributed by atoms with Crippen molar-refractivity contribution in [1.82, 2.24) is 20.0 Å². The SMILES string of the molecule is C=C[C@@H]1C[C@]1(NC(=O)[C@@H]1CC(Oc2cc(-c3nc(C(C)C)cs3)nc3c(C)c(OC)ccc23)[C@H]2CCCC(=O)C21)C(=O)NS(=O)(=O)C1CC1. The van der Waals surface area contributed by atoms with Gasteiger partial charge in [0.05, 0.1) is 29.5 Å². The van der Waals surface area contributed by atoms with Gasteiger partial charge in [-0.3, -0.25) is 19.1 Å². The van der Waals surface area contributed by atoms with E-state index in [1.54, 1.807) is 13.2 Å². The molecule has 1 aromatic carbocycles. The molecular formula is C36H42N4O7S2. The van der Waals surface area contributed by atoms with Crippen LogP contribution < -0.4 is 19.5 Å². The summed E-state index contributed by atoms with van der Waals surface area (Å²) in [5.74, 6) is -1.56. The van der Waals surface area contributed by atoms with E-state index in [9.17, 15) is 22.8 Å². The van der Waals surface area contributed by atoms with E-state index >= 15 is 0 Å². The summed E-state index contributed by atoms with van der Waals surface area (Å²) in [6.07, 6.45) is 4.43. The summed E-state index contributed by atoms with van der Waals surface area (Å²) in [5.41, 5.74) is 1.80. The van der Waals surface area contributed by atoms with Crippen LogP contribution in [0.15, 0.2) is 36.2 Å². The van der Waals surface area contributed by atoms with E-state index in [1.807, 2.05) is 30.5 Å². The maximum absolute atomic E-state index is 14.1. The maximum Gasteiger partial charge on any atom is 0.259 e. The van der Waals surface area contributed by atoms with Crippen molar-refractivity contribution >= 4 is 49.9 Å². The summed E-state index contributed by atoms with van der Waals surface area (Å²) in [6, 6.07) is 5.68. The number of carbonyl (C=O) groups is 3. The van der Waals surface area contributed by atoms with Crippen LogP contribution in [0.5, 0.6) is 11.5 Å². The molecule has 3 aromatic rings. The Morgan fingerprint density at radius 1 is 1.16 bits per heavy atom. The number of aromatic nitrogens is 2. The number of methoxy groups -OCH3 is 1. The van der Waals surface area contributed by atoms with Crippen molar-refractivity contribution in [3.8, 4) is 22.2 Å².